The van der Waals surface area contributed by atoms with Crippen LogP contribution in [0.15, 0.2) is 34.9 Å². The third kappa shape index (κ3) is 10.0. The van der Waals surface area contributed by atoms with E-state index in [1.165, 1.54) is 0 Å². The molecule has 0 bridgehead atoms. The molecule has 0 aromatic heterocycles. The Hall–Kier alpha value is -2.17. The third-order valence-corrected chi connectivity index (χ3v) is 10.3. The number of allylic oxidation sites excluding steroid dienone is 3. The maximum Gasteiger partial charge on any atom is 0.680 e. The van der Waals surface area contributed by atoms with Crippen LogP contribution in [0.25, 0.3) is 0 Å². The highest BCUT2D eigenvalue weighted by molar-refractivity contribution is 14.2. The smallest absolute Gasteiger partial charge is 0.489 e. The molecule has 11 heteroatoms. The van der Waals surface area contributed by atoms with Gasteiger partial charge < -0.3 is 13.8 Å². The fourth-order valence-corrected chi connectivity index (χ4v) is 7.08. The van der Waals surface area contributed by atoms with Crippen molar-refractivity contribution in [2.75, 3.05) is 0 Å². The van der Waals surface area contributed by atoms with Gasteiger partial charge >= 0.3 is 24.7 Å². The highest BCUT2D eigenvalue weighted by Crippen LogP contribution is 2.51. The monoisotopic (exact) mass is 678 g/mol. The highest BCUT2D eigenvalue weighted by atomic mass is 127. The number of carbonyl (C=O) groups excluding carboxylic acids is 3. The molecule has 0 fully saturated rings. The highest BCUT2D eigenvalue weighted by Gasteiger charge is 2.43. The van der Waals surface area contributed by atoms with E-state index in [0.717, 1.165) is 70.6 Å². The molecule has 0 aromatic rings. The average molecular weight is 678 g/mol. The van der Waals surface area contributed by atoms with Gasteiger partial charge in [-0.05, 0) is 86.2 Å². The van der Waals surface area contributed by atoms with Crippen molar-refractivity contribution in [2.24, 2.45) is 11.8 Å². The summed E-state index contributed by atoms with van der Waals surface area (Å²) in [5.41, 5.74) is -0.863. The van der Waals surface area contributed by atoms with Crippen LogP contribution in [-0.2, 0) is 28.2 Å². The molecule has 0 saturated carbocycles. The van der Waals surface area contributed by atoms with Crippen LogP contribution in [0.4, 0.5) is 0 Å². The van der Waals surface area contributed by atoms with Crippen LogP contribution in [0.1, 0.15) is 103 Å². The quantitative estimate of drug-likeness (QED) is 0.152. The minimum Gasteiger partial charge on any atom is -0.489 e. The molecule has 0 spiro atoms. The van der Waals surface area contributed by atoms with Crippen molar-refractivity contribution in [3.63, 3.8) is 0 Å². The van der Waals surface area contributed by atoms with Gasteiger partial charge in [-0.1, -0.05) is 56.8 Å². The molecule has 3 aliphatic rings. The Balaban J connectivity index is 1.82. The summed E-state index contributed by atoms with van der Waals surface area (Å²) in [6.07, 6.45) is 18.7. The van der Waals surface area contributed by atoms with Crippen LogP contribution < -0.4 is 0 Å². The molecular formula is C29H37BIN2O6P. The molecule has 0 saturated heterocycles. The summed E-state index contributed by atoms with van der Waals surface area (Å²) < 4.78 is 17.2. The van der Waals surface area contributed by atoms with Crippen LogP contribution in [0, 0.1) is 34.5 Å². The van der Waals surface area contributed by atoms with Gasteiger partial charge in [-0.15, -0.1) is 0 Å². The second kappa shape index (κ2) is 17.6. The van der Waals surface area contributed by atoms with Crippen LogP contribution >= 0.6 is 27.7 Å². The predicted octanol–water partition coefficient (Wildman–Crippen LogP) is 7.69. The van der Waals surface area contributed by atoms with Crippen molar-refractivity contribution >= 4 is 52.5 Å². The maximum atomic E-state index is 13.3. The van der Waals surface area contributed by atoms with Crippen molar-refractivity contribution in [1.29, 1.82) is 10.5 Å². The molecule has 3 rings (SSSR count). The van der Waals surface area contributed by atoms with E-state index >= 15 is 0 Å². The first-order valence-electron chi connectivity index (χ1n) is 14.4. The second-order valence-electron chi connectivity index (χ2n) is 10.4. The number of hydrogen-bond acceptors (Lipinski definition) is 8. The van der Waals surface area contributed by atoms with Crippen LogP contribution in [0.3, 0.4) is 0 Å². The molecule has 0 amide bonds. The zero-order valence-electron chi connectivity index (χ0n) is 22.9. The van der Waals surface area contributed by atoms with Gasteiger partial charge in [-0.3, -0.25) is 0 Å². The molecule has 0 radical (unpaired) electrons. The van der Waals surface area contributed by atoms with Crippen LogP contribution in [0.2, 0.25) is 0 Å². The summed E-state index contributed by atoms with van der Waals surface area (Å²) in [4.78, 5) is 39.7. The predicted molar refractivity (Wildman–Crippen MR) is 161 cm³/mol. The van der Waals surface area contributed by atoms with E-state index < -0.39 is 42.3 Å². The molecule has 0 aliphatic heterocycles. The minimum absolute atomic E-state index is 0.256. The van der Waals surface area contributed by atoms with Crippen molar-refractivity contribution in [3.8, 4) is 12.1 Å². The zero-order chi connectivity index (χ0) is 28.7. The Bertz CT molecular complexity index is 1100. The zero-order valence-corrected chi connectivity index (χ0v) is 26.0. The molecule has 0 heterocycles. The first-order chi connectivity index (χ1) is 19.4. The van der Waals surface area contributed by atoms with Gasteiger partial charge in [0.05, 0.1) is 29.5 Å². The molecule has 8 nitrogen and oxygen atoms in total. The largest absolute Gasteiger partial charge is 0.680 e. The average Bonchev–Trinajstić information content (AvgIpc) is 2.88. The van der Waals surface area contributed by atoms with Crippen molar-refractivity contribution in [3.05, 3.63) is 34.9 Å². The normalized spacial score (nSPS) is 27.0. The lowest BCUT2D eigenvalue weighted by atomic mass is 9.90. The maximum absolute atomic E-state index is 13.3. The number of nitrogens with zero attached hydrogens (tertiary/aromatic N) is 2. The lowest BCUT2D eigenvalue weighted by Gasteiger charge is -2.23. The second-order valence-corrected chi connectivity index (χ2v) is 14.4. The SMILES string of the molecule is N#CC1CCCCC/C=C\1C(=O)OB(OC(=O)/C1=C/CCCCCC1)P(I)OC(=O)/C1=C/CCCCCC1C#N. The molecule has 0 aromatic carbocycles. The lowest BCUT2D eigenvalue weighted by molar-refractivity contribution is -0.136. The van der Waals surface area contributed by atoms with Crippen molar-refractivity contribution < 1.29 is 28.2 Å². The van der Waals surface area contributed by atoms with E-state index in [1.807, 2.05) is 28.1 Å². The molecule has 3 aliphatic carbocycles. The molecule has 0 N–H and O–H groups in total. The van der Waals surface area contributed by atoms with Gasteiger partial charge in [0.2, 0.25) is 5.67 Å². The van der Waals surface area contributed by atoms with Gasteiger partial charge in [-0.2, -0.15) is 10.5 Å². The fourth-order valence-electron chi connectivity index (χ4n) is 5.16. The van der Waals surface area contributed by atoms with E-state index in [-0.39, 0.29) is 5.57 Å². The Morgan fingerprint density at radius 2 is 1.23 bits per heavy atom. The lowest BCUT2D eigenvalue weighted by Crippen LogP contribution is -2.31. The van der Waals surface area contributed by atoms with Gasteiger partial charge in [-0.25, -0.2) is 14.4 Å². The van der Waals surface area contributed by atoms with E-state index in [4.69, 9.17) is 13.8 Å². The number of carbonyl (C=O) groups is 3. The van der Waals surface area contributed by atoms with Crippen LogP contribution in [-0.4, -0.2) is 24.7 Å². The summed E-state index contributed by atoms with van der Waals surface area (Å²) in [5, 5.41) is 19.4. The molecular weight excluding hydrogens is 641 g/mol. The Kier molecular flexibility index (Phi) is 14.2. The van der Waals surface area contributed by atoms with E-state index in [1.54, 1.807) is 12.2 Å². The van der Waals surface area contributed by atoms with E-state index in [2.05, 4.69) is 12.1 Å². The summed E-state index contributed by atoms with van der Waals surface area (Å²) >= 11 is 1.86. The molecule has 3 unspecified atom stereocenters. The first-order valence-corrected chi connectivity index (χ1v) is 18.5. The summed E-state index contributed by atoms with van der Waals surface area (Å²) in [6.45, 7) is -1.45. The van der Waals surface area contributed by atoms with Crippen molar-refractivity contribution in [1.82, 2.24) is 0 Å². The third-order valence-electron chi connectivity index (χ3n) is 7.46. The van der Waals surface area contributed by atoms with Crippen LogP contribution in [0.5, 0.6) is 0 Å². The summed E-state index contributed by atoms with van der Waals surface area (Å²) in [5.74, 6) is -3.18. The number of hydrogen-bond donors (Lipinski definition) is 0. The van der Waals surface area contributed by atoms with E-state index in [0.29, 0.717) is 43.3 Å². The Morgan fingerprint density at radius 3 is 1.82 bits per heavy atom. The summed E-state index contributed by atoms with van der Waals surface area (Å²) in [6, 6.07) is 4.41. The summed E-state index contributed by atoms with van der Waals surface area (Å²) in [7, 11) is 0. The molecule has 214 valence electrons. The number of rotatable bonds is 7. The van der Waals surface area contributed by atoms with Crippen molar-refractivity contribution in [2.45, 2.75) is 103 Å². The minimum atomic E-state index is -1.95. The van der Waals surface area contributed by atoms with E-state index in [9.17, 15) is 24.9 Å². The molecule has 40 heavy (non-hydrogen) atoms. The molecule has 3 atom stereocenters. The fraction of sp³-hybridized carbons (Fsp3) is 0.621. The first kappa shape index (κ1) is 32.4. The van der Waals surface area contributed by atoms with Gasteiger partial charge in [0.15, 0.2) is 0 Å². The Labute approximate surface area is 252 Å². The van der Waals surface area contributed by atoms with Gasteiger partial charge in [0.25, 0.3) is 0 Å². The topological polar surface area (TPSA) is 126 Å². The standard InChI is InChI=1S/C29H37BIN2O6P/c31-40(39-29(36)26-19-13-7-5-11-17-24(26)21-33)30(37-27(34)22-14-8-2-1-3-9-15-22)38-28(35)25-18-12-6-4-10-16-23(25)20-32/h14,18-19,23-24H,1-13,15-17H2/b22-14+,25-18+,26-19+. The number of nitriles is 2. The number of halogens is 1. The van der Waals surface area contributed by atoms with Gasteiger partial charge in [0, 0.05) is 11.1 Å². The van der Waals surface area contributed by atoms with Gasteiger partial charge in [0.1, 0.15) is 0 Å². The Morgan fingerprint density at radius 1 is 0.725 bits per heavy atom.